The van der Waals surface area contributed by atoms with E-state index in [0.717, 1.165) is 29.8 Å². The van der Waals surface area contributed by atoms with Crippen LogP contribution in [0.1, 0.15) is 30.6 Å². The molecule has 0 radical (unpaired) electrons. The molecule has 1 aromatic rings. The molecule has 0 aliphatic carbocycles. The first-order valence-corrected chi connectivity index (χ1v) is 5.92. The Morgan fingerprint density at radius 3 is 3.00 bits per heavy atom. The van der Waals surface area contributed by atoms with E-state index < -0.39 is 6.10 Å². The molecule has 0 fully saturated rings. The Balaban J connectivity index is 2.25. The molecule has 17 heavy (non-hydrogen) atoms. The minimum Gasteiger partial charge on any atom is -0.388 e. The lowest BCUT2D eigenvalue weighted by Crippen LogP contribution is -2.25. The minimum absolute atomic E-state index is 0.0685. The predicted octanol–water partition coefficient (Wildman–Crippen LogP) is 0.978. The van der Waals surface area contributed by atoms with Gasteiger partial charge in [-0.1, -0.05) is 12.1 Å². The van der Waals surface area contributed by atoms with Crippen LogP contribution in [0.25, 0.3) is 0 Å². The molecule has 1 amide bonds. The molecule has 92 valence electrons. The van der Waals surface area contributed by atoms with E-state index in [1.807, 2.05) is 18.2 Å². The van der Waals surface area contributed by atoms with Crippen molar-refractivity contribution in [3.05, 3.63) is 29.3 Å². The molecule has 1 heterocycles. The number of carbonyl (C=O) groups excluding carboxylic acids is 1. The Morgan fingerprint density at radius 1 is 1.59 bits per heavy atom. The van der Waals surface area contributed by atoms with Crippen molar-refractivity contribution in [3.8, 4) is 0 Å². The normalized spacial score (nSPS) is 15.8. The van der Waals surface area contributed by atoms with Crippen LogP contribution in [0.15, 0.2) is 18.2 Å². The second-order valence-electron chi connectivity index (χ2n) is 4.40. The van der Waals surface area contributed by atoms with E-state index in [0.29, 0.717) is 13.0 Å². The van der Waals surface area contributed by atoms with Crippen LogP contribution in [-0.4, -0.2) is 24.1 Å². The van der Waals surface area contributed by atoms with Gasteiger partial charge in [0.25, 0.3) is 0 Å². The summed E-state index contributed by atoms with van der Waals surface area (Å²) in [7, 11) is 0. The van der Waals surface area contributed by atoms with Crippen molar-refractivity contribution >= 4 is 11.6 Å². The third-order valence-corrected chi connectivity index (χ3v) is 3.20. The first kappa shape index (κ1) is 12.1. The summed E-state index contributed by atoms with van der Waals surface area (Å²) >= 11 is 0. The highest BCUT2D eigenvalue weighted by molar-refractivity contribution is 5.93. The molecule has 4 heteroatoms. The van der Waals surface area contributed by atoms with Gasteiger partial charge < -0.3 is 15.7 Å². The molecule has 0 saturated heterocycles. The van der Waals surface area contributed by atoms with Crippen molar-refractivity contribution in [3.63, 3.8) is 0 Å². The van der Waals surface area contributed by atoms with Gasteiger partial charge in [-0.3, -0.25) is 4.79 Å². The average Bonchev–Trinajstić information content (AvgIpc) is 2.71. The van der Waals surface area contributed by atoms with Gasteiger partial charge in [0, 0.05) is 19.2 Å². The van der Waals surface area contributed by atoms with Gasteiger partial charge in [-0.2, -0.15) is 0 Å². The van der Waals surface area contributed by atoms with E-state index in [9.17, 15) is 9.90 Å². The van der Waals surface area contributed by atoms with Gasteiger partial charge in [0.15, 0.2) is 0 Å². The third-order valence-electron chi connectivity index (χ3n) is 3.20. The van der Waals surface area contributed by atoms with E-state index >= 15 is 0 Å². The minimum atomic E-state index is -0.503. The van der Waals surface area contributed by atoms with Crippen LogP contribution < -0.4 is 10.6 Å². The molecule has 1 unspecified atom stereocenters. The van der Waals surface area contributed by atoms with Crippen molar-refractivity contribution in [2.24, 2.45) is 5.73 Å². The topological polar surface area (TPSA) is 66.6 Å². The number of benzene rings is 1. The zero-order valence-corrected chi connectivity index (χ0v) is 10.0. The van der Waals surface area contributed by atoms with Gasteiger partial charge in [0.05, 0.1) is 6.10 Å². The monoisotopic (exact) mass is 234 g/mol. The van der Waals surface area contributed by atoms with Gasteiger partial charge in [-0.05, 0) is 36.6 Å². The zero-order chi connectivity index (χ0) is 12.4. The Hall–Kier alpha value is -1.39. The maximum absolute atomic E-state index is 11.4. The molecular formula is C13H18N2O2. The first-order valence-electron chi connectivity index (χ1n) is 5.92. The van der Waals surface area contributed by atoms with Crippen molar-refractivity contribution in [1.82, 2.24) is 0 Å². The predicted molar refractivity (Wildman–Crippen MR) is 66.8 cm³/mol. The summed E-state index contributed by atoms with van der Waals surface area (Å²) in [6.45, 7) is 2.78. The number of amides is 1. The van der Waals surface area contributed by atoms with E-state index in [1.54, 1.807) is 11.8 Å². The van der Waals surface area contributed by atoms with Crippen molar-refractivity contribution in [2.45, 2.75) is 25.9 Å². The number of fused-ring (bicyclic) bond motifs is 1. The lowest BCUT2D eigenvalue weighted by Gasteiger charge is -2.16. The maximum atomic E-state index is 11.4. The van der Waals surface area contributed by atoms with Crippen molar-refractivity contribution in [1.29, 1.82) is 0 Å². The molecule has 3 N–H and O–H groups in total. The number of nitrogens with zero attached hydrogens (tertiary/aromatic N) is 1. The molecule has 1 aliphatic rings. The SMILES string of the molecule is CC(=O)N1CCc2cc(C(O)CCN)ccc21. The number of hydrogen-bond donors (Lipinski definition) is 2. The first-order chi connectivity index (χ1) is 8.13. The number of rotatable bonds is 3. The fourth-order valence-electron chi connectivity index (χ4n) is 2.28. The standard InChI is InChI=1S/C13H18N2O2/c1-9(16)15-7-5-10-8-11(2-3-12(10)15)13(17)4-6-14/h2-3,8,13,17H,4-7,14H2,1H3. The van der Waals surface area contributed by atoms with Crippen LogP contribution >= 0.6 is 0 Å². The number of aliphatic hydroxyl groups excluding tert-OH is 1. The molecular weight excluding hydrogens is 216 g/mol. The fraction of sp³-hybridized carbons (Fsp3) is 0.462. The smallest absolute Gasteiger partial charge is 0.223 e. The van der Waals surface area contributed by atoms with Gasteiger partial charge in [-0.15, -0.1) is 0 Å². The molecule has 4 nitrogen and oxygen atoms in total. The van der Waals surface area contributed by atoms with E-state index in [2.05, 4.69) is 0 Å². The van der Waals surface area contributed by atoms with E-state index in [1.165, 1.54) is 0 Å². The largest absolute Gasteiger partial charge is 0.388 e. The summed E-state index contributed by atoms with van der Waals surface area (Å²) < 4.78 is 0. The number of nitrogens with two attached hydrogens (primary N) is 1. The Labute approximate surface area is 101 Å². The summed E-state index contributed by atoms with van der Waals surface area (Å²) in [6.07, 6.45) is 0.921. The molecule has 0 aromatic heterocycles. The second kappa shape index (κ2) is 4.85. The highest BCUT2D eigenvalue weighted by Crippen LogP contribution is 2.31. The summed E-state index contributed by atoms with van der Waals surface area (Å²) in [6, 6.07) is 5.78. The Kier molecular flexibility index (Phi) is 3.45. The van der Waals surface area contributed by atoms with Crippen LogP contribution in [0.3, 0.4) is 0 Å². The summed E-state index contributed by atoms with van der Waals surface area (Å²) in [5, 5.41) is 9.87. The molecule has 1 aromatic carbocycles. The number of aliphatic hydroxyl groups is 1. The molecule has 0 saturated carbocycles. The molecule has 1 atom stereocenters. The fourth-order valence-corrected chi connectivity index (χ4v) is 2.28. The van der Waals surface area contributed by atoms with Crippen molar-refractivity contribution < 1.29 is 9.90 Å². The number of anilines is 1. The average molecular weight is 234 g/mol. The van der Waals surface area contributed by atoms with Crippen molar-refractivity contribution in [2.75, 3.05) is 18.0 Å². The van der Waals surface area contributed by atoms with Crippen LogP contribution in [0, 0.1) is 0 Å². The molecule has 0 bridgehead atoms. The summed E-state index contributed by atoms with van der Waals surface area (Å²) in [4.78, 5) is 13.2. The Bertz CT molecular complexity index is 431. The van der Waals surface area contributed by atoms with Crippen LogP contribution in [0.2, 0.25) is 0 Å². The van der Waals surface area contributed by atoms with E-state index in [4.69, 9.17) is 5.73 Å². The van der Waals surface area contributed by atoms with E-state index in [-0.39, 0.29) is 5.91 Å². The van der Waals surface area contributed by atoms with Gasteiger partial charge in [0.1, 0.15) is 0 Å². The summed E-state index contributed by atoms with van der Waals surface area (Å²) in [5.41, 5.74) is 8.42. The highest BCUT2D eigenvalue weighted by atomic mass is 16.3. The van der Waals surface area contributed by atoms with Gasteiger partial charge in [0.2, 0.25) is 5.91 Å². The molecule has 0 spiro atoms. The lowest BCUT2D eigenvalue weighted by molar-refractivity contribution is -0.116. The third kappa shape index (κ3) is 2.33. The van der Waals surface area contributed by atoms with Gasteiger partial charge in [-0.25, -0.2) is 0 Å². The number of carbonyl (C=O) groups is 1. The highest BCUT2D eigenvalue weighted by Gasteiger charge is 2.22. The maximum Gasteiger partial charge on any atom is 0.223 e. The second-order valence-corrected chi connectivity index (χ2v) is 4.40. The van der Waals surface area contributed by atoms with Gasteiger partial charge >= 0.3 is 0 Å². The summed E-state index contributed by atoms with van der Waals surface area (Å²) in [5.74, 6) is 0.0685. The van der Waals surface area contributed by atoms with Crippen LogP contribution in [0.4, 0.5) is 5.69 Å². The quantitative estimate of drug-likeness (QED) is 0.819. The number of hydrogen-bond acceptors (Lipinski definition) is 3. The Morgan fingerprint density at radius 2 is 2.35 bits per heavy atom. The van der Waals surface area contributed by atoms with Crippen LogP contribution in [-0.2, 0) is 11.2 Å². The molecule has 1 aliphatic heterocycles. The zero-order valence-electron chi connectivity index (χ0n) is 10.0. The molecule has 2 rings (SSSR count). The lowest BCUT2D eigenvalue weighted by atomic mass is 10.0. The van der Waals surface area contributed by atoms with Crippen LogP contribution in [0.5, 0.6) is 0 Å².